The number of likely N-dealkylation sites (N-methyl/N-ethyl adjacent to an activating group) is 1. The van der Waals surface area contributed by atoms with E-state index >= 15 is 0 Å². The maximum Gasteiger partial charge on any atom is 0.350 e. The summed E-state index contributed by atoms with van der Waals surface area (Å²) in [4.78, 5) is 26.8. The lowest BCUT2D eigenvalue weighted by molar-refractivity contribution is -0.134. The largest absolute Gasteiger partial charge is 0.451 e. The zero-order valence-corrected chi connectivity index (χ0v) is 15.6. The number of thiophene rings is 1. The van der Waals surface area contributed by atoms with Crippen molar-refractivity contribution in [2.45, 2.75) is 13.5 Å². The van der Waals surface area contributed by atoms with E-state index in [1.54, 1.807) is 17.5 Å². The van der Waals surface area contributed by atoms with Gasteiger partial charge in [0.2, 0.25) is 0 Å². The van der Waals surface area contributed by atoms with Gasteiger partial charge in [0.05, 0.1) is 5.69 Å². The lowest BCUT2D eigenvalue weighted by atomic mass is 10.2. The number of nitrogens with zero attached hydrogens (tertiary/aromatic N) is 2. The van der Waals surface area contributed by atoms with E-state index in [9.17, 15) is 14.0 Å². The SMILES string of the molecule is CCN(Cc1cccc(F)c1)C(=O)COC(=O)c1sccc1-n1cccc1. The predicted octanol–water partition coefficient (Wildman–Crippen LogP) is 3.88. The first-order valence-corrected chi connectivity index (χ1v) is 9.36. The third kappa shape index (κ3) is 4.62. The Labute approximate surface area is 160 Å². The topological polar surface area (TPSA) is 51.5 Å². The summed E-state index contributed by atoms with van der Waals surface area (Å²) < 4.78 is 20.4. The molecule has 0 spiro atoms. The molecule has 0 bridgehead atoms. The molecule has 0 saturated heterocycles. The Kier molecular flexibility index (Phi) is 6.03. The van der Waals surface area contributed by atoms with Gasteiger partial charge in [0, 0.05) is 25.5 Å². The van der Waals surface area contributed by atoms with Crippen molar-refractivity contribution in [2.24, 2.45) is 0 Å². The second-order valence-corrected chi connectivity index (χ2v) is 6.76. The molecule has 27 heavy (non-hydrogen) atoms. The molecule has 0 fully saturated rings. The van der Waals surface area contributed by atoms with Gasteiger partial charge >= 0.3 is 5.97 Å². The third-order valence-electron chi connectivity index (χ3n) is 4.04. The van der Waals surface area contributed by atoms with E-state index in [1.807, 2.05) is 42.1 Å². The summed E-state index contributed by atoms with van der Waals surface area (Å²) in [6.45, 7) is 2.16. The van der Waals surface area contributed by atoms with Gasteiger partial charge in [0.1, 0.15) is 10.7 Å². The minimum absolute atomic E-state index is 0.262. The first-order chi connectivity index (χ1) is 13.1. The van der Waals surface area contributed by atoms with Crippen LogP contribution in [0.3, 0.4) is 0 Å². The van der Waals surface area contributed by atoms with Crippen LogP contribution in [-0.2, 0) is 16.1 Å². The number of carbonyl (C=O) groups is 2. The average molecular weight is 386 g/mol. The second kappa shape index (κ2) is 8.64. The lowest BCUT2D eigenvalue weighted by Crippen LogP contribution is -2.34. The van der Waals surface area contributed by atoms with E-state index in [2.05, 4.69) is 0 Å². The van der Waals surface area contributed by atoms with E-state index in [0.717, 1.165) is 5.69 Å². The van der Waals surface area contributed by atoms with Crippen molar-refractivity contribution < 1.29 is 18.7 Å². The van der Waals surface area contributed by atoms with Crippen LogP contribution >= 0.6 is 11.3 Å². The number of carbonyl (C=O) groups excluding carboxylic acids is 2. The fourth-order valence-electron chi connectivity index (χ4n) is 2.67. The van der Waals surface area contributed by atoms with Crippen molar-refractivity contribution >= 4 is 23.2 Å². The highest BCUT2D eigenvalue weighted by molar-refractivity contribution is 7.12. The molecule has 140 valence electrons. The Hall–Kier alpha value is -2.93. The van der Waals surface area contributed by atoms with Crippen LogP contribution in [0.5, 0.6) is 0 Å². The van der Waals surface area contributed by atoms with Crippen LogP contribution < -0.4 is 0 Å². The van der Waals surface area contributed by atoms with Gasteiger partial charge in [-0.05, 0) is 48.2 Å². The zero-order valence-electron chi connectivity index (χ0n) is 14.8. The fraction of sp³-hybridized carbons (Fsp3) is 0.200. The molecule has 2 aromatic heterocycles. The highest BCUT2D eigenvalue weighted by atomic mass is 32.1. The summed E-state index contributed by atoms with van der Waals surface area (Å²) in [5.74, 6) is -1.21. The maximum atomic E-state index is 13.3. The molecule has 3 rings (SSSR count). The monoisotopic (exact) mass is 386 g/mol. The van der Waals surface area contributed by atoms with Gasteiger partial charge < -0.3 is 14.2 Å². The van der Waals surface area contributed by atoms with Gasteiger partial charge in [0.15, 0.2) is 6.61 Å². The smallest absolute Gasteiger partial charge is 0.350 e. The van der Waals surface area contributed by atoms with Crippen molar-refractivity contribution in [3.63, 3.8) is 0 Å². The van der Waals surface area contributed by atoms with Gasteiger partial charge in [-0.1, -0.05) is 12.1 Å². The van der Waals surface area contributed by atoms with E-state index in [1.165, 1.54) is 28.4 Å². The standard InChI is InChI=1S/C20H19FN2O3S/c1-2-22(13-15-6-5-7-16(21)12-15)18(24)14-26-20(25)19-17(8-11-27-19)23-9-3-4-10-23/h3-12H,2,13-14H2,1H3. The van der Waals surface area contributed by atoms with Crippen LogP contribution in [0.4, 0.5) is 4.39 Å². The van der Waals surface area contributed by atoms with Gasteiger partial charge in [-0.2, -0.15) is 0 Å². The first kappa shape index (κ1) is 18.8. The Morgan fingerprint density at radius 1 is 1.19 bits per heavy atom. The quantitative estimate of drug-likeness (QED) is 0.579. The van der Waals surface area contributed by atoms with E-state index in [4.69, 9.17) is 4.74 Å². The number of benzene rings is 1. The van der Waals surface area contributed by atoms with Crippen LogP contribution in [0.2, 0.25) is 0 Å². The van der Waals surface area contributed by atoms with Crippen LogP contribution in [-0.4, -0.2) is 34.5 Å². The third-order valence-corrected chi connectivity index (χ3v) is 4.92. The van der Waals surface area contributed by atoms with Gasteiger partial charge in [0.25, 0.3) is 5.91 Å². The molecule has 1 aromatic carbocycles. The summed E-state index contributed by atoms with van der Waals surface area (Å²) in [6.07, 6.45) is 3.67. The second-order valence-electron chi connectivity index (χ2n) is 5.84. The average Bonchev–Trinajstić information content (AvgIpc) is 3.35. The zero-order chi connectivity index (χ0) is 19.2. The van der Waals surface area contributed by atoms with Crippen molar-refractivity contribution in [2.75, 3.05) is 13.2 Å². The summed E-state index contributed by atoms with van der Waals surface area (Å²) >= 11 is 1.26. The van der Waals surface area contributed by atoms with Gasteiger partial charge in [-0.15, -0.1) is 11.3 Å². The molecule has 5 nitrogen and oxygen atoms in total. The molecule has 1 amide bonds. The molecule has 7 heteroatoms. The molecule has 0 N–H and O–H groups in total. The normalized spacial score (nSPS) is 10.6. The predicted molar refractivity (Wildman–Crippen MR) is 101 cm³/mol. The molecule has 3 aromatic rings. The fourth-order valence-corrected chi connectivity index (χ4v) is 3.45. The summed E-state index contributed by atoms with van der Waals surface area (Å²) in [7, 11) is 0. The summed E-state index contributed by atoms with van der Waals surface area (Å²) in [6, 6.07) is 11.6. The minimum atomic E-state index is -0.538. The van der Waals surface area contributed by atoms with Gasteiger partial charge in [-0.25, -0.2) is 9.18 Å². The number of rotatable bonds is 7. The van der Waals surface area contributed by atoms with E-state index in [-0.39, 0.29) is 24.9 Å². The summed E-state index contributed by atoms with van der Waals surface area (Å²) in [5, 5.41) is 1.80. The van der Waals surface area contributed by atoms with Crippen LogP contribution in [0.15, 0.2) is 60.2 Å². The van der Waals surface area contributed by atoms with Crippen molar-refractivity contribution in [3.05, 3.63) is 76.5 Å². The molecular weight excluding hydrogens is 367 g/mol. The van der Waals surface area contributed by atoms with Crippen molar-refractivity contribution in [3.8, 4) is 5.69 Å². The maximum absolute atomic E-state index is 13.3. The number of hydrogen-bond donors (Lipinski definition) is 0. The van der Waals surface area contributed by atoms with Crippen molar-refractivity contribution in [1.29, 1.82) is 0 Å². The van der Waals surface area contributed by atoms with Crippen LogP contribution in [0.1, 0.15) is 22.2 Å². The van der Waals surface area contributed by atoms with E-state index < -0.39 is 5.97 Å². The van der Waals surface area contributed by atoms with Crippen LogP contribution in [0, 0.1) is 5.82 Å². The molecule has 0 saturated carbocycles. The van der Waals surface area contributed by atoms with Crippen molar-refractivity contribution in [1.82, 2.24) is 9.47 Å². The Morgan fingerprint density at radius 2 is 1.96 bits per heavy atom. The molecule has 0 aliphatic heterocycles. The number of amides is 1. The Balaban J connectivity index is 1.61. The molecule has 0 aliphatic rings. The van der Waals surface area contributed by atoms with Gasteiger partial charge in [-0.3, -0.25) is 4.79 Å². The molecule has 0 atom stereocenters. The first-order valence-electron chi connectivity index (χ1n) is 8.48. The highest BCUT2D eigenvalue weighted by Gasteiger charge is 2.19. The molecule has 0 aliphatic carbocycles. The van der Waals surface area contributed by atoms with E-state index in [0.29, 0.717) is 17.0 Å². The number of esters is 1. The lowest BCUT2D eigenvalue weighted by Gasteiger charge is -2.21. The number of hydrogen-bond acceptors (Lipinski definition) is 4. The van der Waals surface area contributed by atoms with Crippen LogP contribution in [0.25, 0.3) is 5.69 Å². The minimum Gasteiger partial charge on any atom is -0.451 e. The number of halogens is 1. The highest BCUT2D eigenvalue weighted by Crippen LogP contribution is 2.22. The number of aromatic nitrogens is 1. The molecule has 0 unspecified atom stereocenters. The molecule has 2 heterocycles. The summed E-state index contributed by atoms with van der Waals surface area (Å²) in [5.41, 5.74) is 1.40. The Morgan fingerprint density at radius 3 is 2.67 bits per heavy atom. The number of ether oxygens (including phenoxy) is 1. The molecular formula is C20H19FN2O3S. The molecule has 0 radical (unpaired) electrons. The Bertz CT molecular complexity index is 921.